The van der Waals surface area contributed by atoms with Gasteiger partial charge in [-0.25, -0.2) is 0 Å². The van der Waals surface area contributed by atoms with Crippen molar-refractivity contribution in [3.05, 3.63) is 59.2 Å². The van der Waals surface area contributed by atoms with Crippen molar-refractivity contribution in [3.8, 4) is 11.5 Å². The van der Waals surface area contributed by atoms with E-state index in [-0.39, 0.29) is 0 Å². The number of rotatable bonds is 6. The Hall–Kier alpha value is -1.07. The van der Waals surface area contributed by atoms with E-state index in [9.17, 15) is 4.21 Å². The minimum Gasteiger partial charge on any atom is -0.456 e. The Morgan fingerprint density at radius 1 is 1.00 bits per heavy atom. The average molecular weight is 428 g/mol. The second kappa shape index (κ2) is 7.88. The van der Waals surface area contributed by atoms with Crippen molar-refractivity contribution in [3.63, 3.8) is 0 Å². The summed E-state index contributed by atoms with van der Waals surface area (Å²) in [6, 6.07) is 14.7. The van der Waals surface area contributed by atoms with E-state index in [0.717, 1.165) is 39.7 Å². The molecule has 0 radical (unpaired) electrons. The third-order valence-electron chi connectivity index (χ3n) is 5.97. The highest BCUT2D eigenvalue weighted by Crippen LogP contribution is 2.70. The maximum absolute atomic E-state index is 14.9. The van der Waals surface area contributed by atoms with E-state index in [0.29, 0.717) is 11.8 Å². The van der Waals surface area contributed by atoms with Crippen molar-refractivity contribution < 1.29 is 8.95 Å². The molecule has 0 aliphatic carbocycles. The standard InChI is InChI=1S/C22H35B3O2S2/c1-15(2)13-28(23,24)22(29(25,26)14-16(3)4)18-10-6-7-12-20(18)27-21-17(5)9-8-11-19(21)22/h6-12,15-16,29H,13-14,23-25H2,1-5H3. The van der Waals surface area contributed by atoms with Gasteiger partial charge >= 0.3 is 0 Å². The summed E-state index contributed by atoms with van der Waals surface area (Å²) in [6.07, 6.45) is 0. The topological polar surface area (TPSA) is 26.3 Å². The lowest BCUT2D eigenvalue weighted by molar-refractivity contribution is 0.449. The fourth-order valence-corrected chi connectivity index (χ4v) is 16.6. The smallest absolute Gasteiger partial charge is 0.190 e. The van der Waals surface area contributed by atoms with E-state index in [1.54, 1.807) is 0 Å². The van der Waals surface area contributed by atoms with Crippen LogP contribution in [0.15, 0.2) is 42.5 Å². The lowest BCUT2D eigenvalue weighted by Crippen LogP contribution is -2.51. The van der Waals surface area contributed by atoms with E-state index >= 15 is 0 Å². The van der Waals surface area contributed by atoms with Gasteiger partial charge in [-0.05, 0) is 41.9 Å². The summed E-state index contributed by atoms with van der Waals surface area (Å²) >= 11 is 0. The van der Waals surface area contributed by atoms with Crippen LogP contribution in [-0.4, -0.2) is 37.1 Å². The molecule has 1 aliphatic heterocycles. The van der Waals surface area contributed by atoms with Gasteiger partial charge in [-0.2, -0.15) is 0 Å². The summed E-state index contributed by atoms with van der Waals surface area (Å²) in [5.41, 5.74) is 3.39. The highest BCUT2D eigenvalue weighted by molar-refractivity contribution is 8.68. The third kappa shape index (κ3) is 3.63. The zero-order valence-corrected chi connectivity index (χ0v) is 21.0. The molecule has 156 valence electrons. The first-order valence-electron chi connectivity index (χ1n) is 10.6. The van der Waals surface area contributed by atoms with E-state index in [2.05, 4.69) is 92.4 Å². The van der Waals surface area contributed by atoms with Gasteiger partial charge in [0.2, 0.25) is 0 Å². The Morgan fingerprint density at radius 3 is 2.24 bits per heavy atom. The van der Waals surface area contributed by atoms with E-state index in [4.69, 9.17) is 4.74 Å². The lowest BCUT2D eigenvalue weighted by atomic mass is 9.97. The number of ether oxygens (including phenoxy) is 1. The van der Waals surface area contributed by atoms with Gasteiger partial charge in [0, 0.05) is 11.1 Å². The van der Waals surface area contributed by atoms with Gasteiger partial charge in [0.25, 0.3) is 0 Å². The van der Waals surface area contributed by atoms with Gasteiger partial charge < -0.3 is 4.74 Å². The predicted octanol–water partition coefficient (Wildman–Crippen LogP) is 3.08. The van der Waals surface area contributed by atoms with Crippen molar-refractivity contribution in [2.45, 2.75) is 38.7 Å². The Morgan fingerprint density at radius 2 is 1.62 bits per heavy atom. The summed E-state index contributed by atoms with van der Waals surface area (Å²) < 4.78 is 20.9. The van der Waals surface area contributed by atoms with E-state index < -0.39 is 23.6 Å². The summed E-state index contributed by atoms with van der Waals surface area (Å²) in [6.45, 7) is 11.1. The van der Waals surface area contributed by atoms with Crippen LogP contribution in [0, 0.1) is 18.8 Å². The first-order valence-corrected chi connectivity index (χ1v) is 15.5. The maximum Gasteiger partial charge on any atom is 0.190 e. The molecule has 1 unspecified atom stereocenters. The predicted molar refractivity (Wildman–Crippen MR) is 141 cm³/mol. The molecule has 7 heteroatoms. The largest absolute Gasteiger partial charge is 0.456 e. The number of fused-ring (bicyclic) bond motifs is 2. The Balaban J connectivity index is 2.49. The Kier molecular flexibility index (Phi) is 6.15. The van der Waals surface area contributed by atoms with Crippen LogP contribution >= 0.6 is 9.73 Å². The van der Waals surface area contributed by atoms with Gasteiger partial charge in [-0.3, -0.25) is 13.9 Å². The Bertz CT molecular complexity index is 959. The molecule has 0 saturated carbocycles. The van der Waals surface area contributed by atoms with Crippen molar-refractivity contribution >= 4 is 40.9 Å². The number of para-hydroxylation sites is 2. The molecule has 0 aromatic heterocycles. The van der Waals surface area contributed by atoms with E-state index in [1.807, 2.05) is 6.07 Å². The molecule has 2 aromatic rings. The fourth-order valence-electron chi connectivity index (χ4n) is 5.55. The third-order valence-corrected chi connectivity index (χ3v) is 15.4. The molecule has 0 N–H and O–H groups in total. The molecule has 1 atom stereocenters. The molecular formula is C22H35B3O2S2. The van der Waals surface area contributed by atoms with Crippen molar-refractivity contribution in [2.24, 2.45) is 11.8 Å². The molecule has 0 fully saturated rings. The van der Waals surface area contributed by atoms with E-state index in [1.165, 1.54) is 0 Å². The second-order valence-corrected chi connectivity index (χ2v) is 17.5. The van der Waals surface area contributed by atoms with Crippen LogP contribution in [0.3, 0.4) is 0 Å². The Labute approximate surface area is 182 Å². The number of thiol groups is 1. The zero-order chi connectivity index (χ0) is 21.6. The second-order valence-electron chi connectivity index (χ2n) is 9.97. The average Bonchev–Trinajstić information content (AvgIpc) is 2.57. The molecule has 2 nitrogen and oxygen atoms in total. The highest BCUT2D eigenvalue weighted by Gasteiger charge is 2.55. The molecule has 29 heavy (non-hydrogen) atoms. The van der Waals surface area contributed by atoms with Gasteiger partial charge in [-0.15, -0.1) is 9.78 Å². The summed E-state index contributed by atoms with van der Waals surface area (Å²) in [7, 11) is 2.87. The summed E-state index contributed by atoms with van der Waals surface area (Å²) in [5.74, 6) is 4.53. The van der Waals surface area contributed by atoms with Gasteiger partial charge in [-0.1, -0.05) is 64.1 Å². The van der Waals surface area contributed by atoms with Crippen LogP contribution in [0.1, 0.15) is 44.4 Å². The normalized spacial score (nSPS) is 20.1. The number of hydrogen-bond donors (Lipinski definition) is 1. The number of benzene rings is 2. The first kappa shape index (κ1) is 22.6. The van der Waals surface area contributed by atoms with Gasteiger partial charge in [0.15, 0.2) is 7.12 Å². The molecule has 1 aliphatic rings. The van der Waals surface area contributed by atoms with Crippen LogP contribution in [0.5, 0.6) is 11.5 Å². The molecule has 1 heterocycles. The quantitative estimate of drug-likeness (QED) is 0.566. The lowest BCUT2D eigenvalue weighted by Gasteiger charge is -2.60. The summed E-state index contributed by atoms with van der Waals surface area (Å²) in [4.78, 5) is 0. The molecular weight excluding hydrogens is 393 g/mol. The van der Waals surface area contributed by atoms with Gasteiger partial charge in [0.05, 0.1) is 4.08 Å². The molecule has 0 spiro atoms. The minimum atomic E-state index is -2.66. The number of hydrogen-bond acceptors (Lipinski definition) is 2. The van der Waals surface area contributed by atoms with Crippen LogP contribution < -0.4 is 4.74 Å². The fraction of sp³-hybridized carbons (Fsp3) is 0.455. The molecule has 0 bridgehead atoms. The number of aryl methyl sites for hydroxylation is 1. The maximum atomic E-state index is 14.9. The van der Waals surface area contributed by atoms with Crippen LogP contribution in [0.4, 0.5) is 0 Å². The van der Waals surface area contributed by atoms with Crippen molar-refractivity contribution in [1.82, 2.24) is 0 Å². The van der Waals surface area contributed by atoms with Crippen LogP contribution in [-0.2, 0) is 13.9 Å². The van der Waals surface area contributed by atoms with Crippen molar-refractivity contribution in [1.29, 1.82) is 0 Å². The molecule has 3 rings (SSSR count). The van der Waals surface area contributed by atoms with Crippen molar-refractivity contribution in [2.75, 3.05) is 11.5 Å². The first-order chi connectivity index (χ1) is 13.4. The molecule has 0 amide bonds. The SMILES string of the molecule is BS(B)(CC(C)C)C1([SH](B)(=O)CC(C)C)c2ccccc2Oc2c(C)cccc21. The minimum absolute atomic E-state index is 0.375. The van der Waals surface area contributed by atoms with Crippen LogP contribution in [0.2, 0.25) is 0 Å². The highest BCUT2D eigenvalue weighted by atomic mass is 32.3. The molecule has 0 saturated heterocycles. The summed E-state index contributed by atoms with van der Waals surface area (Å²) in [5, 5.41) is 0. The zero-order valence-electron chi connectivity index (χ0n) is 19.3. The monoisotopic (exact) mass is 428 g/mol. The molecule has 2 aromatic carbocycles. The van der Waals surface area contributed by atoms with Gasteiger partial charge in [0.1, 0.15) is 25.7 Å². The van der Waals surface area contributed by atoms with Crippen LogP contribution in [0.25, 0.3) is 0 Å².